The lowest BCUT2D eigenvalue weighted by molar-refractivity contribution is -0.146. The minimum Gasteiger partial charge on any atom is -0.465 e. The summed E-state index contributed by atoms with van der Waals surface area (Å²) in [5.74, 6) is 1.44. The van der Waals surface area contributed by atoms with Crippen molar-refractivity contribution in [2.75, 3.05) is 26.2 Å². The Morgan fingerprint density at radius 2 is 2.05 bits per heavy atom. The highest BCUT2D eigenvalue weighted by atomic mass is 16.5. The van der Waals surface area contributed by atoms with E-state index in [2.05, 4.69) is 24.1 Å². The van der Waals surface area contributed by atoms with E-state index in [1.54, 1.807) is 0 Å². The van der Waals surface area contributed by atoms with Crippen LogP contribution >= 0.6 is 0 Å². The first kappa shape index (κ1) is 14.8. The van der Waals surface area contributed by atoms with E-state index >= 15 is 0 Å². The Labute approximate surface area is 116 Å². The summed E-state index contributed by atoms with van der Waals surface area (Å²) in [7, 11) is 0. The number of likely N-dealkylation sites (tertiary alicyclic amines) is 1. The number of nitrogens with zero attached hydrogens (tertiary/aromatic N) is 1. The molecule has 0 aromatic rings. The van der Waals surface area contributed by atoms with Crippen molar-refractivity contribution in [3.63, 3.8) is 0 Å². The van der Waals surface area contributed by atoms with Crippen LogP contribution in [-0.2, 0) is 9.53 Å². The lowest BCUT2D eigenvalue weighted by Crippen LogP contribution is -2.50. The van der Waals surface area contributed by atoms with Crippen molar-refractivity contribution in [1.29, 1.82) is 0 Å². The van der Waals surface area contributed by atoms with Gasteiger partial charge in [0.15, 0.2) is 0 Å². The number of hydrogen-bond acceptors (Lipinski definition) is 4. The number of rotatable bonds is 6. The topological polar surface area (TPSA) is 41.6 Å². The Balaban J connectivity index is 1.85. The molecule has 4 nitrogen and oxygen atoms in total. The number of carbonyl (C=O) groups excluding carboxylic acids is 1. The van der Waals surface area contributed by atoms with Crippen molar-refractivity contribution in [1.82, 2.24) is 10.2 Å². The van der Waals surface area contributed by atoms with Crippen molar-refractivity contribution in [2.24, 2.45) is 11.8 Å². The molecule has 1 aliphatic carbocycles. The molecule has 2 rings (SSSR count). The summed E-state index contributed by atoms with van der Waals surface area (Å²) in [6.45, 7) is 9.98. The summed E-state index contributed by atoms with van der Waals surface area (Å²) in [6.07, 6.45) is 3.63. The molecule has 1 N–H and O–H groups in total. The SMILES string of the molecule is CCOC(=O)C(CN1CCC(C)C(C)C1)NC1CC1. The largest absolute Gasteiger partial charge is 0.465 e. The van der Waals surface area contributed by atoms with Gasteiger partial charge in [0.25, 0.3) is 0 Å². The minimum absolute atomic E-state index is 0.0827. The molecule has 19 heavy (non-hydrogen) atoms. The standard InChI is InChI=1S/C15H28N2O2/c1-4-19-15(18)14(16-13-5-6-13)10-17-8-7-11(2)12(3)9-17/h11-14,16H,4-10H2,1-3H3. The first-order valence-electron chi connectivity index (χ1n) is 7.75. The summed E-state index contributed by atoms with van der Waals surface area (Å²) in [6, 6.07) is 0.392. The van der Waals surface area contributed by atoms with Gasteiger partial charge in [-0.1, -0.05) is 13.8 Å². The Hall–Kier alpha value is -0.610. The smallest absolute Gasteiger partial charge is 0.324 e. The summed E-state index contributed by atoms with van der Waals surface area (Å²) in [5, 5.41) is 3.43. The molecular formula is C15H28N2O2. The molecule has 0 amide bonds. The van der Waals surface area contributed by atoms with E-state index in [4.69, 9.17) is 4.74 Å². The van der Waals surface area contributed by atoms with Gasteiger partial charge in [0.05, 0.1) is 6.61 Å². The van der Waals surface area contributed by atoms with Gasteiger partial charge in [-0.15, -0.1) is 0 Å². The molecule has 4 heteroatoms. The number of esters is 1. The third-order valence-corrected chi connectivity index (χ3v) is 4.44. The van der Waals surface area contributed by atoms with Crippen LogP contribution in [0.5, 0.6) is 0 Å². The molecule has 0 spiro atoms. The minimum atomic E-state index is -0.145. The van der Waals surface area contributed by atoms with Gasteiger partial charge in [-0.25, -0.2) is 0 Å². The fourth-order valence-corrected chi connectivity index (χ4v) is 2.75. The van der Waals surface area contributed by atoms with Gasteiger partial charge in [-0.3, -0.25) is 4.79 Å². The number of nitrogens with one attached hydrogen (secondary N) is 1. The van der Waals surface area contributed by atoms with Crippen molar-refractivity contribution < 1.29 is 9.53 Å². The molecule has 0 aromatic heterocycles. The highest BCUT2D eigenvalue weighted by Gasteiger charge is 2.32. The summed E-state index contributed by atoms with van der Waals surface area (Å²) in [4.78, 5) is 14.4. The van der Waals surface area contributed by atoms with Gasteiger partial charge < -0.3 is 15.0 Å². The number of hydrogen-bond donors (Lipinski definition) is 1. The molecule has 2 fully saturated rings. The van der Waals surface area contributed by atoms with Crippen molar-refractivity contribution in [3.8, 4) is 0 Å². The third kappa shape index (κ3) is 4.46. The molecule has 110 valence electrons. The van der Waals surface area contributed by atoms with Gasteiger partial charge in [0, 0.05) is 19.1 Å². The lowest BCUT2D eigenvalue weighted by Gasteiger charge is -2.36. The zero-order valence-electron chi connectivity index (χ0n) is 12.5. The average molecular weight is 268 g/mol. The maximum absolute atomic E-state index is 12.0. The van der Waals surface area contributed by atoms with Crippen LogP contribution < -0.4 is 5.32 Å². The van der Waals surface area contributed by atoms with Crippen LogP contribution in [0.15, 0.2) is 0 Å². The second kappa shape index (κ2) is 6.71. The fourth-order valence-electron chi connectivity index (χ4n) is 2.75. The van der Waals surface area contributed by atoms with Crippen LogP contribution in [0.25, 0.3) is 0 Å². The molecule has 3 unspecified atom stereocenters. The molecular weight excluding hydrogens is 240 g/mol. The van der Waals surface area contributed by atoms with E-state index in [9.17, 15) is 4.79 Å². The molecule has 1 heterocycles. The van der Waals surface area contributed by atoms with E-state index in [-0.39, 0.29) is 12.0 Å². The predicted octanol–water partition coefficient (Wildman–Crippen LogP) is 1.65. The van der Waals surface area contributed by atoms with E-state index in [1.165, 1.54) is 19.3 Å². The highest BCUT2D eigenvalue weighted by molar-refractivity contribution is 5.76. The monoisotopic (exact) mass is 268 g/mol. The maximum Gasteiger partial charge on any atom is 0.324 e. The van der Waals surface area contributed by atoms with E-state index in [0.717, 1.165) is 31.5 Å². The second-order valence-corrected chi connectivity index (χ2v) is 6.25. The third-order valence-electron chi connectivity index (χ3n) is 4.44. The first-order chi connectivity index (χ1) is 9.10. The Morgan fingerprint density at radius 3 is 2.63 bits per heavy atom. The van der Waals surface area contributed by atoms with Crippen LogP contribution in [0.1, 0.15) is 40.0 Å². The molecule has 1 aliphatic heterocycles. The van der Waals surface area contributed by atoms with Gasteiger partial charge in [0.1, 0.15) is 6.04 Å². The number of ether oxygens (including phenoxy) is 1. The Bertz CT molecular complexity index is 305. The maximum atomic E-state index is 12.0. The fraction of sp³-hybridized carbons (Fsp3) is 0.933. The number of carbonyl (C=O) groups is 1. The van der Waals surface area contributed by atoms with Crippen molar-refractivity contribution in [2.45, 2.75) is 52.1 Å². The van der Waals surface area contributed by atoms with E-state index in [1.807, 2.05) is 6.92 Å². The van der Waals surface area contributed by atoms with Crippen LogP contribution in [0.2, 0.25) is 0 Å². The zero-order valence-corrected chi connectivity index (χ0v) is 12.5. The van der Waals surface area contributed by atoms with Crippen molar-refractivity contribution >= 4 is 5.97 Å². The summed E-state index contributed by atoms with van der Waals surface area (Å²) < 4.78 is 5.19. The van der Waals surface area contributed by atoms with Crippen LogP contribution in [0.3, 0.4) is 0 Å². The van der Waals surface area contributed by atoms with Crippen LogP contribution in [0, 0.1) is 11.8 Å². The lowest BCUT2D eigenvalue weighted by atomic mass is 9.88. The van der Waals surface area contributed by atoms with Crippen molar-refractivity contribution in [3.05, 3.63) is 0 Å². The molecule has 3 atom stereocenters. The number of piperidine rings is 1. The Kier molecular flexibility index (Phi) is 5.22. The quantitative estimate of drug-likeness (QED) is 0.744. The van der Waals surface area contributed by atoms with Gasteiger partial charge in [-0.2, -0.15) is 0 Å². The summed E-state index contributed by atoms with van der Waals surface area (Å²) in [5.41, 5.74) is 0. The Morgan fingerprint density at radius 1 is 1.32 bits per heavy atom. The normalized spacial score (nSPS) is 30.1. The van der Waals surface area contributed by atoms with Gasteiger partial charge >= 0.3 is 5.97 Å². The second-order valence-electron chi connectivity index (χ2n) is 6.25. The summed E-state index contributed by atoms with van der Waals surface area (Å²) >= 11 is 0. The first-order valence-corrected chi connectivity index (χ1v) is 7.75. The van der Waals surface area contributed by atoms with E-state index < -0.39 is 0 Å². The molecule has 0 bridgehead atoms. The zero-order chi connectivity index (χ0) is 13.8. The predicted molar refractivity (Wildman–Crippen MR) is 76.0 cm³/mol. The average Bonchev–Trinajstić information content (AvgIpc) is 3.17. The molecule has 2 aliphatic rings. The molecule has 1 saturated heterocycles. The molecule has 0 radical (unpaired) electrons. The van der Waals surface area contributed by atoms with Gasteiger partial charge in [0.2, 0.25) is 0 Å². The van der Waals surface area contributed by atoms with Crippen LogP contribution in [0.4, 0.5) is 0 Å². The van der Waals surface area contributed by atoms with Gasteiger partial charge in [-0.05, 0) is 44.6 Å². The van der Waals surface area contributed by atoms with E-state index in [0.29, 0.717) is 12.6 Å². The van der Waals surface area contributed by atoms with Crippen LogP contribution in [-0.4, -0.2) is 49.2 Å². The highest BCUT2D eigenvalue weighted by Crippen LogP contribution is 2.23. The molecule has 1 saturated carbocycles. The molecule has 0 aromatic carbocycles.